The van der Waals surface area contributed by atoms with Gasteiger partial charge in [-0.05, 0) is 56.8 Å². The third-order valence-electron chi connectivity index (χ3n) is 6.16. The maximum atomic E-state index is 13.2. The third kappa shape index (κ3) is 5.66. The van der Waals surface area contributed by atoms with Gasteiger partial charge in [-0.25, -0.2) is 13.1 Å². The summed E-state index contributed by atoms with van der Waals surface area (Å²) in [7, 11) is -2.43. The molecule has 0 aliphatic heterocycles. The number of rotatable bonds is 10. The van der Waals surface area contributed by atoms with E-state index in [-0.39, 0.29) is 22.1 Å². The number of sulfonamides is 1. The zero-order chi connectivity index (χ0) is 25.8. The number of amides is 1. The summed E-state index contributed by atoms with van der Waals surface area (Å²) < 4.78 is 31.9. The summed E-state index contributed by atoms with van der Waals surface area (Å²) in [5.74, 6) is -0.339. The van der Waals surface area contributed by atoms with Crippen molar-refractivity contribution in [2.75, 3.05) is 30.9 Å². The zero-order valence-electron chi connectivity index (χ0n) is 20.8. The summed E-state index contributed by atoms with van der Waals surface area (Å²) in [5, 5.41) is 2.86. The van der Waals surface area contributed by atoms with Crippen LogP contribution in [-0.2, 0) is 17.1 Å². The van der Waals surface area contributed by atoms with E-state index in [0.29, 0.717) is 30.0 Å². The summed E-state index contributed by atoms with van der Waals surface area (Å²) >= 11 is 0. The lowest BCUT2D eigenvalue weighted by molar-refractivity contribution is 0.0948. The van der Waals surface area contributed by atoms with Crippen molar-refractivity contribution in [3.8, 4) is 5.69 Å². The Bertz CT molecular complexity index is 1360. The van der Waals surface area contributed by atoms with Crippen LogP contribution in [0.25, 0.3) is 5.69 Å². The second-order valence-electron chi connectivity index (χ2n) is 8.30. The lowest BCUT2D eigenvalue weighted by Gasteiger charge is -2.18. The van der Waals surface area contributed by atoms with E-state index in [0.717, 1.165) is 13.1 Å². The van der Waals surface area contributed by atoms with Crippen molar-refractivity contribution in [1.82, 2.24) is 19.6 Å². The summed E-state index contributed by atoms with van der Waals surface area (Å²) in [6.07, 6.45) is 0. The van der Waals surface area contributed by atoms with Crippen LogP contribution in [0, 0.1) is 13.8 Å². The summed E-state index contributed by atoms with van der Waals surface area (Å²) in [4.78, 5) is 28.0. The zero-order valence-corrected chi connectivity index (χ0v) is 21.6. The van der Waals surface area contributed by atoms with Gasteiger partial charge in [-0.15, -0.1) is 0 Å². The van der Waals surface area contributed by atoms with Gasteiger partial charge >= 0.3 is 0 Å². The number of anilines is 1. The van der Waals surface area contributed by atoms with Gasteiger partial charge in [0, 0.05) is 25.7 Å². The Hall–Kier alpha value is -3.37. The van der Waals surface area contributed by atoms with Gasteiger partial charge in [0.05, 0.1) is 16.3 Å². The number of para-hydroxylation sites is 1. The SMILES string of the molecule is CCN(CC)CCNC(=O)c1cc(S(=O)(=O)Nc2c(C)n(C)n(-c3ccccc3)c2=O)ccc1C. The van der Waals surface area contributed by atoms with Crippen molar-refractivity contribution in [3.05, 3.63) is 75.7 Å². The van der Waals surface area contributed by atoms with Crippen LogP contribution in [0.4, 0.5) is 5.69 Å². The number of aryl methyl sites for hydroxylation is 1. The first-order chi connectivity index (χ1) is 16.6. The van der Waals surface area contributed by atoms with Crippen molar-refractivity contribution in [3.63, 3.8) is 0 Å². The van der Waals surface area contributed by atoms with E-state index < -0.39 is 15.6 Å². The molecular formula is C25H33N5O4S. The highest BCUT2D eigenvalue weighted by atomic mass is 32.2. The van der Waals surface area contributed by atoms with Crippen molar-refractivity contribution < 1.29 is 13.2 Å². The Morgan fingerprint density at radius 1 is 1.03 bits per heavy atom. The minimum atomic E-state index is -4.12. The fourth-order valence-corrected chi connectivity index (χ4v) is 5.00. The van der Waals surface area contributed by atoms with E-state index in [1.165, 1.54) is 16.8 Å². The molecule has 0 saturated heterocycles. The molecule has 3 rings (SSSR count). The van der Waals surface area contributed by atoms with Gasteiger partial charge in [0.15, 0.2) is 0 Å². The summed E-state index contributed by atoms with van der Waals surface area (Å²) in [6.45, 7) is 10.5. The smallest absolute Gasteiger partial charge is 0.296 e. The average molecular weight is 500 g/mol. The molecular weight excluding hydrogens is 466 g/mol. The first kappa shape index (κ1) is 26.2. The summed E-state index contributed by atoms with van der Waals surface area (Å²) in [5.41, 5.74) is 1.49. The van der Waals surface area contributed by atoms with Gasteiger partial charge in [0.25, 0.3) is 21.5 Å². The van der Waals surface area contributed by atoms with Crippen molar-refractivity contribution in [1.29, 1.82) is 0 Å². The van der Waals surface area contributed by atoms with E-state index in [1.54, 1.807) is 55.9 Å². The first-order valence-electron chi connectivity index (χ1n) is 11.6. The van der Waals surface area contributed by atoms with E-state index in [2.05, 4.69) is 28.8 Å². The molecule has 0 radical (unpaired) electrons. The van der Waals surface area contributed by atoms with Crippen LogP contribution in [0.1, 0.15) is 35.5 Å². The molecule has 1 aromatic heterocycles. The fraction of sp³-hybridized carbons (Fsp3) is 0.360. The standard InChI is InChI=1S/C25H33N5O4S/c1-6-29(7-2)16-15-26-24(31)22-17-21(14-13-18(22)3)35(33,34)27-23-19(4)28(5)30(25(23)32)20-11-9-8-10-12-20/h8-14,17,27H,6-7,15-16H2,1-5H3,(H,26,31). The molecule has 0 unspecified atom stereocenters. The molecule has 0 bridgehead atoms. The van der Waals surface area contributed by atoms with Gasteiger partial charge in [-0.2, -0.15) is 0 Å². The Labute approximate surface area is 206 Å². The van der Waals surface area contributed by atoms with Gasteiger partial charge in [-0.1, -0.05) is 38.1 Å². The number of hydrogen-bond acceptors (Lipinski definition) is 5. The molecule has 2 aromatic carbocycles. The van der Waals surface area contributed by atoms with E-state index in [1.807, 2.05) is 6.07 Å². The molecule has 0 saturated carbocycles. The number of aromatic nitrogens is 2. The molecule has 2 N–H and O–H groups in total. The maximum Gasteiger partial charge on any atom is 0.296 e. The van der Waals surface area contributed by atoms with Crippen LogP contribution in [-0.4, -0.2) is 54.8 Å². The van der Waals surface area contributed by atoms with Crippen LogP contribution < -0.4 is 15.6 Å². The molecule has 0 aliphatic carbocycles. The van der Waals surface area contributed by atoms with Gasteiger partial charge < -0.3 is 10.2 Å². The van der Waals surface area contributed by atoms with Crippen LogP contribution in [0.2, 0.25) is 0 Å². The van der Waals surface area contributed by atoms with Crippen molar-refractivity contribution >= 4 is 21.6 Å². The topological polar surface area (TPSA) is 105 Å². The van der Waals surface area contributed by atoms with Gasteiger partial charge in [-0.3, -0.25) is 19.0 Å². The highest BCUT2D eigenvalue weighted by molar-refractivity contribution is 7.92. The maximum absolute atomic E-state index is 13.2. The molecule has 188 valence electrons. The van der Waals surface area contributed by atoms with Gasteiger partial charge in [0.1, 0.15) is 5.69 Å². The molecule has 0 fully saturated rings. The molecule has 3 aromatic rings. The number of nitrogens with zero attached hydrogens (tertiary/aromatic N) is 3. The lowest BCUT2D eigenvalue weighted by atomic mass is 10.1. The van der Waals surface area contributed by atoms with Crippen LogP contribution in [0.5, 0.6) is 0 Å². The first-order valence-corrected chi connectivity index (χ1v) is 13.1. The molecule has 1 heterocycles. The van der Waals surface area contributed by atoms with Crippen molar-refractivity contribution in [2.45, 2.75) is 32.6 Å². The van der Waals surface area contributed by atoms with Crippen LogP contribution in [0.15, 0.2) is 58.2 Å². The fourth-order valence-electron chi connectivity index (χ4n) is 3.85. The monoisotopic (exact) mass is 499 g/mol. The quantitative estimate of drug-likeness (QED) is 0.446. The van der Waals surface area contributed by atoms with Crippen molar-refractivity contribution in [2.24, 2.45) is 7.05 Å². The molecule has 35 heavy (non-hydrogen) atoms. The Morgan fingerprint density at radius 2 is 1.69 bits per heavy atom. The number of hydrogen-bond donors (Lipinski definition) is 2. The second kappa shape index (κ2) is 10.9. The molecule has 9 nitrogen and oxygen atoms in total. The second-order valence-corrected chi connectivity index (χ2v) is 9.98. The molecule has 1 amide bonds. The normalized spacial score (nSPS) is 11.6. The number of benzene rings is 2. The molecule has 0 spiro atoms. The van der Waals surface area contributed by atoms with E-state index in [9.17, 15) is 18.0 Å². The predicted molar refractivity (Wildman–Crippen MR) is 138 cm³/mol. The Balaban J connectivity index is 1.88. The van der Waals surface area contributed by atoms with E-state index >= 15 is 0 Å². The number of nitrogens with one attached hydrogen (secondary N) is 2. The molecule has 0 atom stereocenters. The number of carbonyl (C=O) groups excluding carboxylic acids is 1. The molecule has 0 aliphatic rings. The van der Waals surface area contributed by atoms with Gasteiger partial charge in [0.2, 0.25) is 0 Å². The minimum absolute atomic E-state index is 0.0397. The highest BCUT2D eigenvalue weighted by Crippen LogP contribution is 2.21. The Morgan fingerprint density at radius 3 is 2.31 bits per heavy atom. The largest absolute Gasteiger partial charge is 0.351 e. The Kier molecular flexibility index (Phi) is 8.18. The van der Waals surface area contributed by atoms with E-state index in [4.69, 9.17) is 0 Å². The molecule has 10 heteroatoms. The van der Waals surface area contributed by atoms with Crippen LogP contribution >= 0.6 is 0 Å². The minimum Gasteiger partial charge on any atom is -0.351 e. The van der Waals surface area contributed by atoms with Crippen LogP contribution in [0.3, 0.4) is 0 Å². The number of carbonyl (C=O) groups is 1. The lowest BCUT2D eigenvalue weighted by Crippen LogP contribution is -2.35. The highest BCUT2D eigenvalue weighted by Gasteiger charge is 2.24. The predicted octanol–water partition coefficient (Wildman–Crippen LogP) is 2.67. The third-order valence-corrected chi connectivity index (χ3v) is 7.51. The summed E-state index contributed by atoms with van der Waals surface area (Å²) in [6, 6.07) is 13.3. The number of likely N-dealkylation sites (N-methyl/N-ethyl adjacent to an activating group) is 1. The average Bonchev–Trinajstić information content (AvgIpc) is 3.05.